The molecule has 1 heterocycles. The molecule has 1 aliphatic carbocycles. The molecule has 20 heavy (non-hydrogen) atoms. The van der Waals surface area contributed by atoms with Crippen molar-refractivity contribution in [3.8, 4) is 0 Å². The highest BCUT2D eigenvalue weighted by molar-refractivity contribution is 5.05. The molecule has 4 heteroatoms. The molecule has 4 nitrogen and oxygen atoms in total. The van der Waals surface area contributed by atoms with Crippen LogP contribution < -0.4 is 0 Å². The number of aliphatic hydroxyl groups is 2. The van der Waals surface area contributed by atoms with Gasteiger partial charge in [0, 0.05) is 18.0 Å². The SMILES string of the molecule is CC(C)C(CO)(CO)Cc1ccn(C2CCCCC2)n1. The van der Waals surface area contributed by atoms with E-state index in [9.17, 15) is 10.2 Å². The normalized spacial score (nSPS) is 17.9. The summed E-state index contributed by atoms with van der Waals surface area (Å²) in [6.45, 7) is 4.09. The molecule has 0 aromatic carbocycles. The first kappa shape index (κ1) is 15.5. The molecular formula is C16H28N2O2. The Kier molecular flexibility index (Phi) is 5.22. The molecule has 1 aliphatic rings. The van der Waals surface area contributed by atoms with Crippen molar-refractivity contribution in [1.82, 2.24) is 9.78 Å². The predicted octanol–water partition coefficient (Wildman–Crippen LogP) is 2.56. The first-order valence-corrected chi connectivity index (χ1v) is 7.87. The zero-order valence-corrected chi connectivity index (χ0v) is 12.8. The van der Waals surface area contributed by atoms with Crippen molar-refractivity contribution in [2.75, 3.05) is 13.2 Å². The van der Waals surface area contributed by atoms with E-state index in [4.69, 9.17) is 5.10 Å². The summed E-state index contributed by atoms with van der Waals surface area (Å²) in [5, 5.41) is 24.0. The first-order chi connectivity index (χ1) is 9.61. The summed E-state index contributed by atoms with van der Waals surface area (Å²) in [5.41, 5.74) is 0.513. The Bertz CT molecular complexity index is 404. The highest BCUT2D eigenvalue weighted by Crippen LogP contribution is 2.32. The third-order valence-corrected chi connectivity index (χ3v) is 5.00. The topological polar surface area (TPSA) is 58.3 Å². The molecule has 0 saturated heterocycles. The number of hydrogen-bond donors (Lipinski definition) is 2. The smallest absolute Gasteiger partial charge is 0.0632 e. The van der Waals surface area contributed by atoms with Gasteiger partial charge in [0.25, 0.3) is 0 Å². The Morgan fingerprint density at radius 1 is 1.25 bits per heavy atom. The average molecular weight is 280 g/mol. The fourth-order valence-corrected chi connectivity index (χ4v) is 3.11. The molecule has 114 valence electrons. The fraction of sp³-hybridized carbons (Fsp3) is 0.812. The molecule has 0 spiro atoms. The van der Waals surface area contributed by atoms with Crippen LogP contribution in [-0.4, -0.2) is 33.2 Å². The van der Waals surface area contributed by atoms with Crippen LogP contribution in [0.5, 0.6) is 0 Å². The summed E-state index contributed by atoms with van der Waals surface area (Å²) >= 11 is 0. The maximum absolute atomic E-state index is 9.67. The largest absolute Gasteiger partial charge is 0.396 e. The van der Waals surface area contributed by atoms with Gasteiger partial charge in [-0.25, -0.2) is 0 Å². The Morgan fingerprint density at radius 3 is 2.45 bits per heavy atom. The van der Waals surface area contributed by atoms with E-state index >= 15 is 0 Å². The van der Waals surface area contributed by atoms with Crippen LogP contribution in [0, 0.1) is 11.3 Å². The van der Waals surface area contributed by atoms with Crippen LogP contribution in [0.1, 0.15) is 57.7 Å². The summed E-state index contributed by atoms with van der Waals surface area (Å²) in [6.07, 6.45) is 9.07. The Hall–Kier alpha value is -0.870. The summed E-state index contributed by atoms with van der Waals surface area (Å²) in [5.74, 6) is 0.220. The average Bonchev–Trinajstić information content (AvgIpc) is 2.94. The Labute approximate surface area is 121 Å². The highest BCUT2D eigenvalue weighted by atomic mass is 16.3. The van der Waals surface area contributed by atoms with Gasteiger partial charge in [0.2, 0.25) is 0 Å². The summed E-state index contributed by atoms with van der Waals surface area (Å²) < 4.78 is 2.09. The summed E-state index contributed by atoms with van der Waals surface area (Å²) in [4.78, 5) is 0. The molecule has 1 aromatic heterocycles. The van der Waals surface area contributed by atoms with Crippen LogP contribution in [0.4, 0.5) is 0 Å². The molecule has 0 amide bonds. The summed E-state index contributed by atoms with van der Waals surface area (Å²) in [6, 6.07) is 2.58. The molecular weight excluding hydrogens is 252 g/mol. The van der Waals surface area contributed by atoms with E-state index in [2.05, 4.69) is 10.9 Å². The number of hydrogen-bond acceptors (Lipinski definition) is 3. The van der Waals surface area contributed by atoms with Crippen molar-refractivity contribution in [2.24, 2.45) is 11.3 Å². The zero-order valence-electron chi connectivity index (χ0n) is 12.8. The molecule has 1 saturated carbocycles. The van der Waals surface area contributed by atoms with Gasteiger partial charge >= 0.3 is 0 Å². The predicted molar refractivity (Wildman–Crippen MR) is 79.5 cm³/mol. The maximum atomic E-state index is 9.67. The summed E-state index contributed by atoms with van der Waals surface area (Å²) in [7, 11) is 0. The maximum Gasteiger partial charge on any atom is 0.0632 e. The van der Waals surface area contributed by atoms with E-state index in [-0.39, 0.29) is 19.1 Å². The first-order valence-electron chi connectivity index (χ1n) is 7.87. The minimum Gasteiger partial charge on any atom is -0.396 e. The van der Waals surface area contributed by atoms with Gasteiger partial charge in [-0.3, -0.25) is 4.68 Å². The van der Waals surface area contributed by atoms with Crippen molar-refractivity contribution in [1.29, 1.82) is 0 Å². The molecule has 2 rings (SSSR count). The van der Waals surface area contributed by atoms with Crippen molar-refractivity contribution >= 4 is 0 Å². The lowest BCUT2D eigenvalue weighted by Crippen LogP contribution is -2.37. The van der Waals surface area contributed by atoms with Crippen LogP contribution in [0.3, 0.4) is 0 Å². The lowest BCUT2D eigenvalue weighted by Gasteiger charge is -2.33. The van der Waals surface area contributed by atoms with Gasteiger partial charge in [0.1, 0.15) is 0 Å². The van der Waals surface area contributed by atoms with E-state index in [0.29, 0.717) is 12.5 Å². The van der Waals surface area contributed by atoms with Crippen LogP contribution >= 0.6 is 0 Å². The standard InChI is InChI=1S/C16H28N2O2/c1-13(2)16(11-19,12-20)10-14-8-9-18(17-14)15-6-4-3-5-7-15/h8-9,13,15,19-20H,3-7,10-12H2,1-2H3. The van der Waals surface area contributed by atoms with Crippen LogP contribution in [-0.2, 0) is 6.42 Å². The minimum atomic E-state index is -0.467. The molecule has 0 radical (unpaired) electrons. The monoisotopic (exact) mass is 280 g/mol. The van der Waals surface area contributed by atoms with Crippen molar-refractivity contribution < 1.29 is 10.2 Å². The van der Waals surface area contributed by atoms with Gasteiger partial charge < -0.3 is 10.2 Å². The number of aliphatic hydroxyl groups excluding tert-OH is 2. The van der Waals surface area contributed by atoms with E-state index < -0.39 is 5.41 Å². The second kappa shape index (κ2) is 6.72. The number of rotatable bonds is 6. The van der Waals surface area contributed by atoms with Crippen LogP contribution in [0.2, 0.25) is 0 Å². The quantitative estimate of drug-likeness (QED) is 0.842. The van der Waals surface area contributed by atoms with E-state index in [1.54, 1.807) is 0 Å². The lowest BCUT2D eigenvalue weighted by molar-refractivity contribution is 0.0154. The second-order valence-electron chi connectivity index (χ2n) is 6.59. The molecule has 0 bridgehead atoms. The van der Waals surface area contributed by atoms with Crippen LogP contribution in [0.15, 0.2) is 12.3 Å². The number of aromatic nitrogens is 2. The van der Waals surface area contributed by atoms with E-state index in [1.165, 1.54) is 32.1 Å². The van der Waals surface area contributed by atoms with Gasteiger partial charge in [0.05, 0.1) is 24.9 Å². The zero-order chi connectivity index (χ0) is 14.6. The molecule has 0 unspecified atom stereocenters. The van der Waals surface area contributed by atoms with Gasteiger partial charge in [0.15, 0.2) is 0 Å². The molecule has 2 N–H and O–H groups in total. The van der Waals surface area contributed by atoms with E-state index in [0.717, 1.165) is 5.69 Å². The van der Waals surface area contributed by atoms with Gasteiger partial charge in [-0.15, -0.1) is 0 Å². The van der Waals surface area contributed by atoms with E-state index in [1.807, 2.05) is 19.9 Å². The Balaban J connectivity index is 2.08. The fourth-order valence-electron chi connectivity index (χ4n) is 3.11. The molecule has 0 atom stereocenters. The van der Waals surface area contributed by atoms with Crippen molar-refractivity contribution in [3.05, 3.63) is 18.0 Å². The third kappa shape index (κ3) is 3.23. The number of nitrogens with zero attached hydrogens (tertiary/aromatic N) is 2. The van der Waals surface area contributed by atoms with Gasteiger partial charge in [-0.05, 0) is 24.8 Å². The second-order valence-corrected chi connectivity index (χ2v) is 6.59. The lowest BCUT2D eigenvalue weighted by atomic mass is 9.75. The van der Waals surface area contributed by atoms with Crippen molar-refractivity contribution in [2.45, 2.75) is 58.4 Å². The van der Waals surface area contributed by atoms with Crippen LogP contribution in [0.25, 0.3) is 0 Å². The van der Waals surface area contributed by atoms with Gasteiger partial charge in [-0.1, -0.05) is 33.1 Å². The minimum absolute atomic E-state index is 0.00252. The highest BCUT2D eigenvalue weighted by Gasteiger charge is 2.33. The third-order valence-electron chi connectivity index (χ3n) is 5.00. The van der Waals surface area contributed by atoms with Gasteiger partial charge in [-0.2, -0.15) is 5.10 Å². The van der Waals surface area contributed by atoms with Crippen molar-refractivity contribution in [3.63, 3.8) is 0 Å². The molecule has 1 aromatic rings. The Morgan fingerprint density at radius 2 is 1.90 bits per heavy atom. The molecule has 0 aliphatic heterocycles. The molecule has 1 fully saturated rings.